The second kappa shape index (κ2) is 23.6. The molecule has 0 aliphatic rings. The second-order valence-corrected chi connectivity index (χ2v) is 20.7. The van der Waals surface area contributed by atoms with E-state index in [1.165, 1.54) is 10.6 Å². The van der Waals surface area contributed by atoms with Gasteiger partial charge in [0.25, 0.3) is 0 Å². The van der Waals surface area contributed by atoms with Crippen molar-refractivity contribution in [2.45, 2.75) is 157 Å². The summed E-state index contributed by atoms with van der Waals surface area (Å²) < 4.78 is 0. The van der Waals surface area contributed by atoms with Crippen molar-refractivity contribution in [2.24, 2.45) is 0 Å². The first kappa shape index (κ1) is 52.0. The maximum absolute atomic E-state index is 4.21. The highest BCUT2D eigenvalue weighted by molar-refractivity contribution is 7.09. The standard InChI is InChI=1S/5C8H12N2.C7H11NS/c1-8(2,3)7-4-9-6-10-5-7;1-8(2,3)7-6-9-4-5-10-7;1-8(2,3)7-4-5-9-6-10-7;1-8(2,3)7-9-5-4-6-10-7;1-8(2,3)7-5-4-6-9-10-7;1-7(2,3)6-8-4-5-9-6/h5*4-6H,1-3H3;4-5H,1-3H3. The minimum absolute atomic E-state index is 0.0707. The molecule has 320 valence electrons. The molecule has 0 atom stereocenters. The topological polar surface area (TPSA) is 142 Å². The van der Waals surface area contributed by atoms with Crippen LogP contribution in [-0.4, -0.2) is 55.1 Å². The van der Waals surface area contributed by atoms with Gasteiger partial charge in [0, 0.05) is 100 Å². The summed E-state index contributed by atoms with van der Waals surface area (Å²) in [6.07, 6.45) is 20.9. The molecule has 12 heteroatoms. The van der Waals surface area contributed by atoms with Crippen LogP contribution in [0.2, 0.25) is 0 Å². The molecule has 6 rings (SSSR count). The molecule has 0 aliphatic heterocycles. The summed E-state index contributed by atoms with van der Waals surface area (Å²) in [6.45, 7) is 38.4. The maximum Gasteiger partial charge on any atom is 0.133 e. The zero-order valence-electron chi connectivity index (χ0n) is 39.1. The van der Waals surface area contributed by atoms with Crippen LogP contribution in [0.25, 0.3) is 0 Å². The van der Waals surface area contributed by atoms with Crippen molar-refractivity contribution in [3.8, 4) is 0 Å². The molecule has 0 amide bonds. The first-order chi connectivity index (χ1) is 27.1. The van der Waals surface area contributed by atoms with Gasteiger partial charge in [0.15, 0.2) is 0 Å². The third-order valence-corrected chi connectivity index (χ3v) is 8.96. The van der Waals surface area contributed by atoms with E-state index in [-0.39, 0.29) is 32.5 Å². The molecule has 0 aromatic carbocycles. The van der Waals surface area contributed by atoms with Gasteiger partial charge in [-0.05, 0) is 35.2 Å². The molecule has 0 N–H and O–H groups in total. The Balaban J connectivity index is 0.000000354. The minimum Gasteiger partial charge on any atom is -0.261 e. The Bertz CT molecular complexity index is 1630. The summed E-state index contributed by atoms with van der Waals surface area (Å²) in [5, 5.41) is 11.0. The molecule has 0 saturated carbocycles. The Labute approximate surface area is 360 Å². The van der Waals surface area contributed by atoms with E-state index in [0.717, 1.165) is 22.9 Å². The van der Waals surface area contributed by atoms with E-state index >= 15 is 0 Å². The average Bonchev–Trinajstić information content (AvgIpc) is 3.73. The average molecular weight is 822 g/mol. The van der Waals surface area contributed by atoms with Gasteiger partial charge < -0.3 is 0 Å². The molecule has 6 aromatic rings. The normalized spacial score (nSPS) is 11.6. The molecule has 6 heterocycles. The van der Waals surface area contributed by atoms with Gasteiger partial charge in [-0.25, -0.2) is 34.9 Å². The summed E-state index contributed by atoms with van der Waals surface area (Å²) >= 11 is 1.72. The summed E-state index contributed by atoms with van der Waals surface area (Å²) in [7, 11) is 0. The van der Waals surface area contributed by atoms with E-state index in [2.05, 4.69) is 180 Å². The third kappa shape index (κ3) is 22.7. The second-order valence-electron chi connectivity index (χ2n) is 19.8. The van der Waals surface area contributed by atoms with Crippen molar-refractivity contribution in [1.29, 1.82) is 0 Å². The Morgan fingerprint density at radius 3 is 1.27 bits per heavy atom. The van der Waals surface area contributed by atoms with Crippen molar-refractivity contribution in [1.82, 2.24) is 55.1 Å². The van der Waals surface area contributed by atoms with Gasteiger partial charge in [-0.3, -0.25) is 9.97 Å². The van der Waals surface area contributed by atoms with Crippen molar-refractivity contribution < 1.29 is 0 Å². The molecule has 0 fully saturated rings. The first-order valence-electron chi connectivity index (χ1n) is 19.9. The number of hydrogen-bond donors (Lipinski definition) is 0. The molecule has 0 saturated heterocycles. The van der Waals surface area contributed by atoms with Crippen molar-refractivity contribution in [2.75, 3.05) is 0 Å². The SMILES string of the molecule is CC(C)(C)c1cccnn1.CC(C)(C)c1ccncn1.CC(C)(C)c1cnccn1.CC(C)(C)c1cncnc1.CC(C)(C)c1ncccn1.CC(C)(C)c1nccs1. The third-order valence-electron chi connectivity index (χ3n) is 7.76. The molecule has 0 aliphatic carbocycles. The van der Waals surface area contributed by atoms with Crippen LogP contribution in [0.15, 0.2) is 104 Å². The number of aromatic nitrogens is 11. The zero-order chi connectivity index (χ0) is 45.0. The van der Waals surface area contributed by atoms with Crippen LogP contribution >= 0.6 is 11.3 Å². The number of thiazole rings is 1. The maximum atomic E-state index is 4.21. The number of hydrogen-bond acceptors (Lipinski definition) is 12. The molecule has 0 unspecified atom stereocenters. The lowest BCUT2D eigenvalue weighted by molar-refractivity contribution is 0.545. The summed E-state index contributed by atoms with van der Waals surface area (Å²) in [4.78, 5) is 36.5. The molecule has 59 heavy (non-hydrogen) atoms. The Hall–Kier alpha value is -4.97. The highest BCUT2D eigenvalue weighted by atomic mass is 32.1. The van der Waals surface area contributed by atoms with Crippen LogP contribution in [-0.2, 0) is 32.5 Å². The van der Waals surface area contributed by atoms with E-state index < -0.39 is 0 Å². The Kier molecular flexibility index (Phi) is 20.8. The van der Waals surface area contributed by atoms with Crippen molar-refractivity contribution in [3.05, 3.63) is 138 Å². The highest BCUT2D eigenvalue weighted by Crippen LogP contribution is 2.24. The van der Waals surface area contributed by atoms with Gasteiger partial charge in [-0.2, -0.15) is 10.2 Å². The highest BCUT2D eigenvalue weighted by Gasteiger charge is 2.18. The first-order valence-corrected chi connectivity index (χ1v) is 20.8. The fraction of sp³-hybridized carbons (Fsp3) is 0.511. The minimum atomic E-state index is 0.0707. The zero-order valence-corrected chi connectivity index (χ0v) is 40.0. The predicted molar refractivity (Wildman–Crippen MR) is 244 cm³/mol. The summed E-state index contributed by atoms with van der Waals surface area (Å²) in [6, 6.07) is 7.68. The molecule has 6 aromatic heterocycles. The van der Waals surface area contributed by atoms with E-state index in [0.29, 0.717) is 0 Å². The lowest BCUT2D eigenvalue weighted by Gasteiger charge is -2.16. The lowest BCUT2D eigenvalue weighted by Crippen LogP contribution is -2.14. The van der Waals surface area contributed by atoms with Crippen LogP contribution in [0.5, 0.6) is 0 Å². The van der Waals surface area contributed by atoms with E-state index in [1.54, 1.807) is 67.4 Å². The number of rotatable bonds is 0. The van der Waals surface area contributed by atoms with Gasteiger partial charge in [0.2, 0.25) is 0 Å². The van der Waals surface area contributed by atoms with Crippen LogP contribution in [0.3, 0.4) is 0 Å². The largest absolute Gasteiger partial charge is 0.261 e. The molecule has 0 spiro atoms. The summed E-state index contributed by atoms with van der Waals surface area (Å²) in [5.41, 5.74) is 5.18. The van der Waals surface area contributed by atoms with Gasteiger partial charge >= 0.3 is 0 Å². The number of nitrogens with zero attached hydrogens (tertiary/aromatic N) is 11. The van der Waals surface area contributed by atoms with Crippen LogP contribution in [0.4, 0.5) is 0 Å². The summed E-state index contributed by atoms with van der Waals surface area (Å²) in [5.74, 6) is 0.898. The van der Waals surface area contributed by atoms with Gasteiger partial charge in [-0.15, -0.1) is 11.3 Å². The van der Waals surface area contributed by atoms with Crippen molar-refractivity contribution in [3.63, 3.8) is 0 Å². The van der Waals surface area contributed by atoms with Crippen LogP contribution in [0, 0.1) is 0 Å². The molecular formula is C47H71N11S. The molecular weight excluding hydrogens is 751 g/mol. The van der Waals surface area contributed by atoms with E-state index in [1.807, 2.05) is 48.2 Å². The molecule has 0 bridgehead atoms. The molecule has 0 radical (unpaired) electrons. The van der Waals surface area contributed by atoms with E-state index in [4.69, 9.17) is 0 Å². The van der Waals surface area contributed by atoms with Crippen molar-refractivity contribution >= 4 is 11.3 Å². The Morgan fingerprint density at radius 1 is 0.390 bits per heavy atom. The monoisotopic (exact) mass is 822 g/mol. The van der Waals surface area contributed by atoms with Gasteiger partial charge in [0.1, 0.15) is 18.5 Å². The lowest BCUT2D eigenvalue weighted by atomic mass is 9.89. The Morgan fingerprint density at radius 2 is 0.983 bits per heavy atom. The van der Waals surface area contributed by atoms with Gasteiger partial charge in [0.05, 0.1) is 16.4 Å². The fourth-order valence-electron chi connectivity index (χ4n) is 4.09. The smallest absolute Gasteiger partial charge is 0.133 e. The van der Waals surface area contributed by atoms with Crippen LogP contribution < -0.4 is 0 Å². The predicted octanol–water partition coefficient (Wildman–Crippen LogP) is 11.3. The van der Waals surface area contributed by atoms with Crippen LogP contribution in [0.1, 0.15) is 158 Å². The molecule has 11 nitrogen and oxygen atoms in total. The fourth-order valence-corrected chi connectivity index (χ4v) is 4.81. The quantitative estimate of drug-likeness (QED) is 0.144. The van der Waals surface area contributed by atoms with Gasteiger partial charge in [-0.1, -0.05) is 125 Å². The van der Waals surface area contributed by atoms with E-state index in [9.17, 15) is 0 Å².